The molecule has 7 heteroatoms. The number of ether oxygens (including phenoxy) is 1. The predicted octanol–water partition coefficient (Wildman–Crippen LogP) is 5.57. The van der Waals surface area contributed by atoms with Gasteiger partial charge in [-0.25, -0.2) is 15.0 Å². The Bertz CT molecular complexity index is 1310. The summed E-state index contributed by atoms with van der Waals surface area (Å²) in [5.74, 6) is 2.02. The van der Waals surface area contributed by atoms with E-state index >= 15 is 0 Å². The number of benzene rings is 2. The van der Waals surface area contributed by atoms with E-state index in [2.05, 4.69) is 27.4 Å². The van der Waals surface area contributed by atoms with Crippen molar-refractivity contribution in [1.29, 1.82) is 0 Å². The summed E-state index contributed by atoms with van der Waals surface area (Å²) in [4.78, 5) is 19.3. The summed E-state index contributed by atoms with van der Waals surface area (Å²) >= 11 is 1.57. The van der Waals surface area contributed by atoms with Crippen molar-refractivity contribution in [2.45, 2.75) is 0 Å². The Morgan fingerprint density at radius 2 is 1.77 bits per heavy atom. The van der Waals surface area contributed by atoms with Crippen molar-refractivity contribution in [1.82, 2.24) is 19.9 Å². The summed E-state index contributed by atoms with van der Waals surface area (Å²) in [6, 6.07) is 19.8. The summed E-state index contributed by atoms with van der Waals surface area (Å²) in [6.07, 6.45) is 5.36. The molecule has 1 N–H and O–H groups in total. The normalized spacial score (nSPS) is 10.8. The van der Waals surface area contributed by atoms with E-state index in [0.29, 0.717) is 11.6 Å². The molecule has 0 atom stereocenters. The number of hydrogen-bond donors (Lipinski definition) is 1. The molecule has 3 aromatic heterocycles. The maximum atomic E-state index is 5.40. The molecule has 0 aliphatic rings. The number of anilines is 2. The maximum absolute atomic E-state index is 5.40. The lowest BCUT2D eigenvalue weighted by atomic mass is 10.2. The molecular formula is C23H17N5OS. The third-order valence-corrected chi connectivity index (χ3v) is 5.57. The standard InChI is InChI=1S/C23H17N5OS/c1-29-17-9-10-19-18(12-17)22(27-21(26-19)16-8-5-11-24-13-16)28-23-25-14-20(30-23)15-6-3-2-4-7-15/h2-14H,1H3,(H,25,26,27,28). The molecule has 0 saturated heterocycles. The fraction of sp³-hybridized carbons (Fsp3) is 0.0435. The topological polar surface area (TPSA) is 72.8 Å². The highest BCUT2D eigenvalue weighted by Crippen LogP contribution is 2.33. The lowest BCUT2D eigenvalue weighted by Crippen LogP contribution is -1.99. The first kappa shape index (κ1) is 18.2. The Hall–Kier alpha value is -3.84. The molecule has 2 aromatic carbocycles. The summed E-state index contributed by atoms with van der Waals surface area (Å²) in [7, 11) is 1.64. The van der Waals surface area contributed by atoms with Crippen LogP contribution in [0.5, 0.6) is 5.75 Å². The van der Waals surface area contributed by atoms with E-state index < -0.39 is 0 Å². The van der Waals surface area contributed by atoms with Gasteiger partial charge in [-0.1, -0.05) is 41.7 Å². The van der Waals surface area contributed by atoms with Crippen molar-refractivity contribution in [3.63, 3.8) is 0 Å². The molecule has 146 valence electrons. The number of thiazole rings is 1. The van der Waals surface area contributed by atoms with Gasteiger partial charge in [0.2, 0.25) is 0 Å². The Morgan fingerprint density at radius 3 is 2.57 bits per heavy atom. The summed E-state index contributed by atoms with van der Waals surface area (Å²) in [6.45, 7) is 0. The van der Waals surface area contributed by atoms with Gasteiger partial charge in [-0.2, -0.15) is 0 Å². The van der Waals surface area contributed by atoms with Crippen LogP contribution in [0.25, 0.3) is 32.7 Å². The van der Waals surface area contributed by atoms with Crippen LogP contribution in [-0.4, -0.2) is 27.0 Å². The van der Waals surface area contributed by atoms with Crippen LogP contribution in [0.3, 0.4) is 0 Å². The molecule has 0 fully saturated rings. The monoisotopic (exact) mass is 411 g/mol. The first-order valence-electron chi connectivity index (χ1n) is 9.34. The minimum atomic E-state index is 0.600. The van der Waals surface area contributed by atoms with Gasteiger partial charge in [0, 0.05) is 29.5 Å². The number of aromatic nitrogens is 4. The fourth-order valence-corrected chi connectivity index (χ4v) is 3.94. The van der Waals surface area contributed by atoms with Gasteiger partial charge in [0.25, 0.3) is 0 Å². The molecular weight excluding hydrogens is 394 g/mol. The Morgan fingerprint density at radius 1 is 0.900 bits per heavy atom. The zero-order valence-electron chi connectivity index (χ0n) is 16.1. The van der Waals surface area contributed by atoms with Crippen LogP contribution < -0.4 is 10.1 Å². The molecule has 5 rings (SSSR count). The number of hydrogen-bond acceptors (Lipinski definition) is 7. The molecule has 6 nitrogen and oxygen atoms in total. The van der Waals surface area contributed by atoms with E-state index in [4.69, 9.17) is 14.7 Å². The van der Waals surface area contributed by atoms with Crippen LogP contribution in [0.4, 0.5) is 10.9 Å². The van der Waals surface area contributed by atoms with Crippen LogP contribution in [0, 0.1) is 0 Å². The molecule has 0 bridgehead atoms. The van der Waals surface area contributed by atoms with Gasteiger partial charge < -0.3 is 10.1 Å². The maximum Gasteiger partial charge on any atom is 0.188 e. The number of nitrogens with one attached hydrogen (secondary N) is 1. The minimum absolute atomic E-state index is 0.600. The van der Waals surface area contributed by atoms with E-state index in [9.17, 15) is 0 Å². The molecule has 0 aliphatic carbocycles. The van der Waals surface area contributed by atoms with Crippen molar-refractivity contribution >= 4 is 33.2 Å². The number of fused-ring (bicyclic) bond motifs is 1. The van der Waals surface area contributed by atoms with E-state index in [1.807, 2.05) is 54.7 Å². The largest absolute Gasteiger partial charge is 0.497 e. The van der Waals surface area contributed by atoms with Gasteiger partial charge in [0.05, 0.1) is 17.5 Å². The fourth-order valence-electron chi connectivity index (χ4n) is 3.12. The van der Waals surface area contributed by atoms with Gasteiger partial charge in [0.1, 0.15) is 11.6 Å². The molecule has 5 aromatic rings. The number of methoxy groups -OCH3 is 1. The molecule has 0 aliphatic heterocycles. The quantitative estimate of drug-likeness (QED) is 0.408. The molecule has 0 amide bonds. The van der Waals surface area contributed by atoms with Crippen LogP contribution >= 0.6 is 11.3 Å². The van der Waals surface area contributed by atoms with Crippen LogP contribution in [0.15, 0.2) is 79.3 Å². The second kappa shape index (κ2) is 7.88. The lowest BCUT2D eigenvalue weighted by Gasteiger charge is -2.10. The molecule has 30 heavy (non-hydrogen) atoms. The van der Waals surface area contributed by atoms with Crippen molar-refractivity contribution in [3.05, 3.63) is 79.3 Å². The zero-order valence-corrected chi connectivity index (χ0v) is 16.9. The van der Waals surface area contributed by atoms with E-state index in [1.165, 1.54) is 0 Å². The average Bonchev–Trinajstić information content (AvgIpc) is 3.28. The predicted molar refractivity (Wildman–Crippen MR) is 120 cm³/mol. The van der Waals surface area contributed by atoms with E-state index in [-0.39, 0.29) is 0 Å². The minimum Gasteiger partial charge on any atom is -0.497 e. The average molecular weight is 411 g/mol. The second-order valence-corrected chi connectivity index (χ2v) is 7.57. The SMILES string of the molecule is COc1ccc2nc(-c3cccnc3)nc(Nc3ncc(-c4ccccc4)s3)c2c1. The summed E-state index contributed by atoms with van der Waals surface area (Å²) in [5, 5.41) is 5.00. The van der Waals surface area contributed by atoms with Crippen LogP contribution in [0.1, 0.15) is 0 Å². The zero-order chi connectivity index (χ0) is 20.3. The Balaban J connectivity index is 1.59. The smallest absolute Gasteiger partial charge is 0.188 e. The molecule has 0 spiro atoms. The highest BCUT2D eigenvalue weighted by molar-refractivity contribution is 7.18. The van der Waals surface area contributed by atoms with Gasteiger partial charge in [0.15, 0.2) is 11.0 Å². The van der Waals surface area contributed by atoms with Crippen molar-refractivity contribution in [2.75, 3.05) is 12.4 Å². The van der Waals surface area contributed by atoms with Gasteiger partial charge in [-0.3, -0.25) is 4.98 Å². The van der Waals surface area contributed by atoms with E-state index in [1.54, 1.807) is 30.8 Å². The van der Waals surface area contributed by atoms with E-state index in [0.717, 1.165) is 37.8 Å². The molecule has 0 unspecified atom stereocenters. The lowest BCUT2D eigenvalue weighted by molar-refractivity contribution is 0.415. The van der Waals surface area contributed by atoms with Crippen molar-refractivity contribution in [2.24, 2.45) is 0 Å². The summed E-state index contributed by atoms with van der Waals surface area (Å²) < 4.78 is 5.40. The number of nitrogens with zero attached hydrogens (tertiary/aromatic N) is 4. The van der Waals surface area contributed by atoms with Gasteiger partial charge in [-0.15, -0.1) is 0 Å². The highest BCUT2D eigenvalue weighted by Gasteiger charge is 2.13. The third kappa shape index (κ3) is 3.58. The van der Waals surface area contributed by atoms with Crippen LogP contribution in [-0.2, 0) is 0 Å². The Labute approximate surface area is 177 Å². The third-order valence-electron chi connectivity index (χ3n) is 4.61. The number of pyridine rings is 1. The van der Waals surface area contributed by atoms with Crippen molar-refractivity contribution < 1.29 is 4.74 Å². The molecule has 0 saturated carbocycles. The number of rotatable bonds is 5. The van der Waals surface area contributed by atoms with Crippen LogP contribution in [0.2, 0.25) is 0 Å². The second-order valence-electron chi connectivity index (χ2n) is 6.54. The van der Waals surface area contributed by atoms with Gasteiger partial charge in [-0.05, 0) is 35.9 Å². The van der Waals surface area contributed by atoms with Crippen molar-refractivity contribution in [3.8, 4) is 27.6 Å². The molecule has 3 heterocycles. The summed E-state index contributed by atoms with van der Waals surface area (Å²) in [5.41, 5.74) is 2.79. The molecule has 0 radical (unpaired) electrons. The highest BCUT2D eigenvalue weighted by atomic mass is 32.1. The van der Waals surface area contributed by atoms with Gasteiger partial charge >= 0.3 is 0 Å². The Kier molecular flexibility index (Phi) is 4.78. The first-order chi connectivity index (χ1) is 14.8. The first-order valence-corrected chi connectivity index (χ1v) is 10.2.